The summed E-state index contributed by atoms with van der Waals surface area (Å²) in [6.45, 7) is 5.11. The molecule has 0 aliphatic carbocycles. The van der Waals surface area contributed by atoms with Crippen LogP contribution in [0.2, 0.25) is 0 Å². The van der Waals surface area contributed by atoms with E-state index in [0.29, 0.717) is 12.0 Å². The minimum absolute atomic E-state index is 0.292. The predicted molar refractivity (Wildman–Crippen MR) is 60.3 cm³/mol. The van der Waals surface area contributed by atoms with Crippen LogP contribution >= 0.6 is 0 Å². The van der Waals surface area contributed by atoms with Crippen molar-refractivity contribution in [2.75, 3.05) is 13.6 Å². The van der Waals surface area contributed by atoms with Crippen LogP contribution in [-0.4, -0.2) is 24.7 Å². The average molecular weight is 206 g/mol. The molecule has 1 aliphatic rings. The van der Waals surface area contributed by atoms with E-state index in [9.17, 15) is 0 Å². The van der Waals surface area contributed by atoms with Gasteiger partial charge in [0.25, 0.3) is 0 Å². The summed E-state index contributed by atoms with van der Waals surface area (Å²) in [6, 6.07) is 4.04. The molecule has 0 saturated heterocycles. The van der Waals surface area contributed by atoms with Gasteiger partial charge in [-0.05, 0) is 39.4 Å². The smallest absolute Gasteiger partial charge is 0.141 e. The zero-order chi connectivity index (χ0) is 10.8. The molecule has 1 N–H and O–H groups in total. The number of fused-ring (bicyclic) bond motifs is 1. The number of nitrogens with zero attached hydrogens (tertiary/aromatic N) is 1. The summed E-state index contributed by atoms with van der Waals surface area (Å²) in [6.07, 6.45) is 1.34. The fourth-order valence-corrected chi connectivity index (χ4v) is 2.16. The van der Waals surface area contributed by atoms with E-state index >= 15 is 0 Å². The Morgan fingerprint density at radius 2 is 2.33 bits per heavy atom. The molecule has 0 radical (unpaired) electrons. The maximum Gasteiger partial charge on any atom is 0.141 e. The highest BCUT2D eigenvalue weighted by Gasteiger charge is 2.26. The molecule has 0 saturated carbocycles. The molecule has 1 aromatic rings. The van der Waals surface area contributed by atoms with Crippen LogP contribution in [0.4, 0.5) is 0 Å². The van der Waals surface area contributed by atoms with Gasteiger partial charge in [0.05, 0.1) is 11.8 Å². The third kappa shape index (κ3) is 2.12. The number of ether oxygens (including phenoxy) is 1. The first-order chi connectivity index (χ1) is 7.20. The zero-order valence-corrected chi connectivity index (χ0v) is 9.58. The number of likely N-dealkylation sites (N-methyl/N-ethyl adjacent to an activating group) is 1. The van der Waals surface area contributed by atoms with Crippen molar-refractivity contribution in [2.45, 2.75) is 32.3 Å². The highest BCUT2D eigenvalue weighted by molar-refractivity contribution is 5.34. The number of aryl methyl sites for hydroxylation is 1. The fourth-order valence-electron chi connectivity index (χ4n) is 2.16. The third-order valence-electron chi connectivity index (χ3n) is 2.81. The Morgan fingerprint density at radius 1 is 1.53 bits per heavy atom. The lowest BCUT2D eigenvalue weighted by atomic mass is 9.94. The highest BCUT2D eigenvalue weighted by atomic mass is 16.5. The van der Waals surface area contributed by atoms with E-state index in [4.69, 9.17) is 4.74 Å². The summed E-state index contributed by atoms with van der Waals surface area (Å²) in [7, 11) is 1.98. The topological polar surface area (TPSA) is 34.1 Å². The maximum absolute atomic E-state index is 5.77. The summed E-state index contributed by atoms with van der Waals surface area (Å²) >= 11 is 0. The van der Waals surface area contributed by atoms with E-state index < -0.39 is 0 Å². The summed E-state index contributed by atoms with van der Waals surface area (Å²) in [5, 5.41) is 3.22. The largest absolute Gasteiger partial charge is 0.489 e. The van der Waals surface area contributed by atoms with Gasteiger partial charge in [-0.3, -0.25) is 4.98 Å². The summed E-state index contributed by atoms with van der Waals surface area (Å²) in [5.41, 5.74) is 2.18. The van der Waals surface area contributed by atoms with Crippen LogP contribution in [0.3, 0.4) is 0 Å². The lowest BCUT2D eigenvalue weighted by molar-refractivity contribution is 0.172. The quantitative estimate of drug-likeness (QED) is 0.802. The minimum atomic E-state index is 0.292. The Balaban J connectivity index is 2.34. The first-order valence-corrected chi connectivity index (χ1v) is 5.49. The van der Waals surface area contributed by atoms with Crippen molar-refractivity contribution in [3.63, 3.8) is 0 Å². The molecule has 0 spiro atoms. The van der Waals surface area contributed by atoms with Crippen LogP contribution in [0.25, 0.3) is 0 Å². The number of pyridine rings is 1. The fraction of sp³-hybridized carbons (Fsp3) is 0.583. The summed E-state index contributed by atoms with van der Waals surface area (Å²) in [4.78, 5) is 4.58. The second-order valence-electron chi connectivity index (χ2n) is 4.25. The molecule has 0 bridgehead atoms. The molecule has 0 amide bonds. The van der Waals surface area contributed by atoms with E-state index in [1.165, 1.54) is 0 Å². The Hall–Kier alpha value is -1.09. The molecule has 0 unspecified atom stereocenters. The molecule has 1 aromatic heterocycles. The number of aromatic nitrogens is 1. The Morgan fingerprint density at radius 3 is 3.07 bits per heavy atom. The molecule has 3 nitrogen and oxygen atoms in total. The molecule has 1 aliphatic heterocycles. The van der Waals surface area contributed by atoms with Gasteiger partial charge in [-0.1, -0.05) is 0 Å². The third-order valence-corrected chi connectivity index (χ3v) is 2.81. The van der Waals surface area contributed by atoms with E-state index in [1.54, 1.807) is 0 Å². The SMILES string of the molecule is CNC[C@@H]1C[C@@H](C)Oc2ccc(C)nc21. The predicted octanol–water partition coefficient (Wildman–Crippen LogP) is 1.86. The van der Waals surface area contributed by atoms with Gasteiger partial charge >= 0.3 is 0 Å². The normalized spacial score (nSPS) is 24.5. The van der Waals surface area contributed by atoms with E-state index in [1.807, 2.05) is 26.1 Å². The Bertz CT molecular complexity index is 351. The molecular formula is C12H18N2O. The Labute approximate surface area is 90.9 Å². The monoisotopic (exact) mass is 206 g/mol. The van der Waals surface area contributed by atoms with E-state index in [0.717, 1.165) is 30.1 Å². The average Bonchev–Trinajstić information content (AvgIpc) is 2.19. The van der Waals surface area contributed by atoms with Crippen LogP contribution in [0.15, 0.2) is 12.1 Å². The summed E-state index contributed by atoms with van der Waals surface area (Å²) < 4.78 is 5.77. The van der Waals surface area contributed by atoms with Gasteiger partial charge in [0, 0.05) is 18.2 Å². The number of hydrogen-bond acceptors (Lipinski definition) is 3. The molecule has 2 rings (SSSR count). The van der Waals surface area contributed by atoms with Crippen molar-refractivity contribution in [1.29, 1.82) is 0 Å². The van der Waals surface area contributed by atoms with Gasteiger partial charge in [0.2, 0.25) is 0 Å². The van der Waals surface area contributed by atoms with Gasteiger partial charge in [0.15, 0.2) is 0 Å². The van der Waals surface area contributed by atoms with E-state index in [2.05, 4.69) is 17.2 Å². The number of rotatable bonds is 2. The molecule has 82 valence electrons. The maximum atomic E-state index is 5.77. The second kappa shape index (κ2) is 4.19. The van der Waals surface area contributed by atoms with Gasteiger partial charge in [-0.2, -0.15) is 0 Å². The van der Waals surface area contributed by atoms with Crippen LogP contribution in [0.5, 0.6) is 5.75 Å². The van der Waals surface area contributed by atoms with Crippen molar-refractivity contribution in [3.8, 4) is 5.75 Å². The molecule has 3 heteroatoms. The molecule has 2 heterocycles. The van der Waals surface area contributed by atoms with Crippen molar-refractivity contribution >= 4 is 0 Å². The zero-order valence-electron chi connectivity index (χ0n) is 9.58. The first-order valence-electron chi connectivity index (χ1n) is 5.49. The van der Waals surface area contributed by atoms with Crippen molar-refractivity contribution < 1.29 is 4.74 Å². The molecule has 0 aromatic carbocycles. The lowest BCUT2D eigenvalue weighted by Crippen LogP contribution is -2.29. The van der Waals surface area contributed by atoms with Gasteiger partial charge in [-0.25, -0.2) is 0 Å². The van der Waals surface area contributed by atoms with Crippen molar-refractivity contribution in [2.24, 2.45) is 0 Å². The standard InChI is InChI=1S/C12H18N2O/c1-8-4-5-11-12(14-8)10(7-13-3)6-9(2)15-11/h4-5,9-10,13H,6-7H2,1-3H3/t9-,10+/m1/s1. The molecule has 2 atom stereocenters. The lowest BCUT2D eigenvalue weighted by Gasteiger charge is -2.29. The van der Waals surface area contributed by atoms with Crippen molar-refractivity contribution in [3.05, 3.63) is 23.5 Å². The number of hydrogen-bond donors (Lipinski definition) is 1. The van der Waals surface area contributed by atoms with E-state index in [-0.39, 0.29) is 0 Å². The highest BCUT2D eigenvalue weighted by Crippen LogP contribution is 2.34. The van der Waals surface area contributed by atoms with Crippen molar-refractivity contribution in [1.82, 2.24) is 10.3 Å². The second-order valence-corrected chi connectivity index (χ2v) is 4.25. The minimum Gasteiger partial charge on any atom is -0.489 e. The molecular weight excluding hydrogens is 188 g/mol. The summed E-state index contributed by atoms with van der Waals surface area (Å²) in [5.74, 6) is 1.44. The first kappa shape index (κ1) is 10.4. The van der Waals surface area contributed by atoms with Crippen LogP contribution < -0.4 is 10.1 Å². The molecule has 15 heavy (non-hydrogen) atoms. The van der Waals surface area contributed by atoms with Crippen LogP contribution in [0, 0.1) is 6.92 Å². The van der Waals surface area contributed by atoms with Gasteiger partial charge in [0.1, 0.15) is 5.75 Å². The van der Waals surface area contributed by atoms with Crippen LogP contribution in [-0.2, 0) is 0 Å². The van der Waals surface area contributed by atoms with Gasteiger partial charge in [-0.15, -0.1) is 0 Å². The molecule has 0 fully saturated rings. The van der Waals surface area contributed by atoms with Gasteiger partial charge < -0.3 is 10.1 Å². The number of nitrogens with one attached hydrogen (secondary N) is 1. The van der Waals surface area contributed by atoms with Crippen LogP contribution in [0.1, 0.15) is 30.7 Å². The Kier molecular flexibility index (Phi) is 2.91.